The molecule has 0 saturated heterocycles. The van der Waals surface area contributed by atoms with Gasteiger partial charge >= 0.3 is 0 Å². The molecule has 0 amide bonds. The Bertz CT molecular complexity index is 355. The molecule has 1 unspecified atom stereocenters. The molecule has 0 bridgehead atoms. The molecule has 0 saturated carbocycles. The smallest absolute Gasteiger partial charge is 0.0624 e. The molecule has 1 atom stereocenters. The molecule has 0 aliphatic rings. The SMILES string of the molecule is C=CCC(Cc1cc(CC)nn1CC)NCCC. The van der Waals surface area contributed by atoms with Crippen molar-refractivity contribution in [2.75, 3.05) is 6.54 Å². The van der Waals surface area contributed by atoms with E-state index >= 15 is 0 Å². The van der Waals surface area contributed by atoms with Crippen LogP contribution < -0.4 is 5.32 Å². The molecule has 102 valence electrons. The lowest BCUT2D eigenvalue weighted by atomic mass is 10.1. The standard InChI is InChI=1S/C15H27N3/c1-5-9-14(16-10-6-2)12-15-11-13(7-3)17-18(15)8-4/h5,11,14,16H,1,6-10,12H2,2-4H3. The zero-order chi connectivity index (χ0) is 13.4. The first-order valence-electron chi connectivity index (χ1n) is 7.14. The Hall–Kier alpha value is -1.09. The summed E-state index contributed by atoms with van der Waals surface area (Å²) in [5.74, 6) is 0. The number of aromatic nitrogens is 2. The van der Waals surface area contributed by atoms with Gasteiger partial charge in [0.05, 0.1) is 5.69 Å². The normalized spacial score (nSPS) is 12.6. The predicted molar refractivity (Wildman–Crippen MR) is 77.9 cm³/mol. The van der Waals surface area contributed by atoms with E-state index in [-0.39, 0.29) is 0 Å². The zero-order valence-corrected chi connectivity index (χ0v) is 12.1. The van der Waals surface area contributed by atoms with Gasteiger partial charge in [0, 0.05) is 24.7 Å². The van der Waals surface area contributed by atoms with E-state index in [1.165, 1.54) is 17.8 Å². The summed E-state index contributed by atoms with van der Waals surface area (Å²) >= 11 is 0. The monoisotopic (exact) mass is 249 g/mol. The highest BCUT2D eigenvalue weighted by Crippen LogP contribution is 2.10. The van der Waals surface area contributed by atoms with Crippen molar-refractivity contribution in [1.82, 2.24) is 15.1 Å². The van der Waals surface area contributed by atoms with E-state index in [2.05, 4.69) is 48.5 Å². The molecule has 3 nitrogen and oxygen atoms in total. The van der Waals surface area contributed by atoms with Crippen molar-refractivity contribution in [1.29, 1.82) is 0 Å². The summed E-state index contributed by atoms with van der Waals surface area (Å²) < 4.78 is 2.13. The van der Waals surface area contributed by atoms with Gasteiger partial charge < -0.3 is 5.32 Å². The van der Waals surface area contributed by atoms with Crippen LogP contribution in [0.15, 0.2) is 18.7 Å². The Morgan fingerprint density at radius 3 is 2.78 bits per heavy atom. The minimum absolute atomic E-state index is 0.481. The molecule has 1 N–H and O–H groups in total. The Balaban J connectivity index is 2.71. The van der Waals surface area contributed by atoms with Gasteiger partial charge in [-0.15, -0.1) is 6.58 Å². The van der Waals surface area contributed by atoms with Gasteiger partial charge in [-0.25, -0.2) is 0 Å². The van der Waals surface area contributed by atoms with Gasteiger partial charge in [0.15, 0.2) is 0 Å². The Morgan fingerprint density at radius 1 is 1.44 bits per heavy atom. The third kappa shape index (κ3) is 4.30. The van der Waals surface area contributed by atoms with Crippen LogP contribution in [-0.4, -0.2) is 22.4 Å². The number of rotatable bonds is 9. The minimum Gasteiger partial charge on any atom is -0.313 e. The van der Waals surface area contributed by atoms with Gasteiger partial charge in [-0.05, 0) is 38.8 Å². The lowest BCUT2D eigenvalue weighted by molar-refractivity contribution is 0.489. The van der Waals surface area contributed by atoms with Gasteiger partial charge in [-0.1, -0.05) is 19.9 Å². The second-order valence-electron chi connectivity index (χ2n) is 4.68. The van der Waals surface area contributed by atoms with E-state index < -0.39 is 0 Å². The van der Waals surface area contributed by atoms with E-state index in [0.717, 1.165) is 32.4 Å². The molecule has 1 aromatic rings. The van der Waals surface area contributed by atoms with Gasteiger partial charge in [0.2, 0.25) is 0 Å². The molecule has 0 aromatic carbocycles. The van der Waals surface area contributed by atoms with E-state index in [4.69, 9.17) is 0 Å². The highest BCUT2D eigenvalue weighted by molar-refractivity contribution is 5.12. The summed E-state index contributed by atoms with van der Waals surface area (Å²) in [4.78, 5) is 0. The van der Waals surface area contributed by atoms with Gasteiger partial charge in [-0.2, -0.15) is 5.10 Å². The molecule has 1 heterocycles. The van der Waals surface area contributed by atoms with Gasteiger partial charge in [0.1, 0.15) is 0 Å². The summed E-state index contributed by atoms with van der Waals surface area (Å²) in [7, 11) is 0. The molecule has 0 fully saturated rings. The maximum atomic E-state index is 4.60. The maximum Gasteiger partial charge on any atom is 0.0624 e. The van der Waals surface area contributed by atoms with Crippen LogP contribution in [0.1, 0.15) is 45.0 Å². The molecule has 1 rings (SSSR count). The summed E-state index contributed by atoms with van der Waals surface area (Å²) in [5.41, 5.74) is 2.53. The molecule has 3 heteroatoms. The number of hydrogen-bond acceptors (Lipinski definition) is 2. The van der Waals surface area contributed by atoms with E-state index in [9.17, 15) is 0 Å². The van der Waals surface area contributed by atoms with Crippen molar-refractivity contribution >= 4 is 0 Å². The highest BCUT2D eigenvalue weighted by Gasteiger charge is 2.12. The molecule has 0 aliphatic heterocycles. The zero-order valence-electron chi connectivity index (χ0n) is 12.1. The third-order valence-corrected chi connectivity index (χ3v) is 3.17. The molecule has 1 aromatic heterocycles. The molecule has 18 heavy (non-hydrogen) atoms. The van der Waals surface area contributed by atoms with Crippen molar-refractivity contribution in [2.45, 2.75) is 59.0 Å². The maximum absolute atomic E-state index is 4.60. The molecular weight excluding hydrogens is 222 g/mol. The first-order chi connectivity index (χ1) is 8.74. The average Bonchev–Trinajstić information content (AvgIpc) is 2.78. The van der Waals surface area contributed by atoms with Gasteiger partial charge in [-0.3, -0.25) is 4.68 Å². The van der Waals surface area contributed by atoms with E-state index in [1.54, 1.807) is 0 Å². The summed E-state index contributed by atoms with van der Waals surface area (Å²) in [6.45, 7) is 12.4. The highest BCUT2D eigenvalue weighted by atomic mass is 15.3. The fourth-order valence-electron chi connectivity index (χ4n) is 2.17. The van der Waals surface area contributed by atoms with Crippen LogP contribution in [0.2, 0.25) is 0 Å². The van der Waals surface area contributed by atoms with Crippen LogP contribution in [0.4, 0.5) is 0 Å². The molecular formula is C15H27N3. The summed E-state index contributed by atoms with van der Waals surface area (Å²) in [6.07, 6.45) is 6.22. The van der Waals surface area contributed by atoms with Gasteiger partial charge in [0.25, 0.3) is 0 Å². The molecule has 0 spiro atoms. The largest absolute Gasteiger partial charge is 0.313 e. The lowest BCUT2D eigenvalue weighted by Gasteiger charge is -2.17. The Kier molecular flexibility index (Phi) is 6.73. The van der Waals surface area contributed by atoms with Crippen LogP contribution in [0.5, 0.6) is 0 Å². The van der Waals surface area contributed by atoms with Crippen molar-refractivity contribution < 1.29 is 0 Å². The fraction of sp³-hybridized carbons (Fsp3) is 0.667. The average molecular weight is 249 g/mol. The fourth-order valence-corrected chi connectivity index (χ4v) is 2.17. The summed E-state index contributed by atoms with van der Waals surface area (Å²) in [6, 6.07) is 2.72. The van der Waals surface area contributed by atoms with Crippen molar-refractivity contribution in [3.8, 4) is 0 Å². The summed E-state index contributed by atoms with van der Waals surface area (Å²) in [5, 5.41) is 8.19. The van der Waals surface area contributed by atoms with E-state index in [1.807, 2.05) is 6.08 Å². The minimum atomic E-state index is 0.481. The third-order valence-electron chi connectivity index (χ3n) is 3.17. The number of aryl methyl sites for hydroxylation is 2. The van der Waals surface area contributed by atoms with Crippen molar-refractivity contribution in [2.24, 2.45) is 0 Å². The van der Waals surface area contributed by atoms with E-state index in [0.29, 0.717) is 6.04 Å². The molecule has 0 radical (unpaired) electrons. The second kappa shape index (κ2) is 8.09. The van der Waals surface area contributed by atoms with Crippen molar-refractivity contribution in [3.05, 3.63) is 30.1 Å². The first-order valence-corrected chi connectivity index (χ1v) is 7.14. The Labute approximate surface area is 111 Å². The number of nitrogens with zero attached hydrogens (tertiary/aromatic N) is 2. The van der Waals surface area contributed by atoms with Crippen molar-refractivity contribution in [3.63, 3.8) is 0 Å². The van der Waals surface area contributed by atoms with Crippen LogP contribution >= 0.6 is 0 Å². The van der Waals surface area contributed by atoms with Crippen LogP contribution in [-0.2, 0) is 19.4 Å². The number of nitrogens with one attached hydrogen (secondary N) is 1. The predicted octanol–water partition coefficient (Wildman–Crippen LogP) is 2.95. The quantitative estimate of drug-likeness (QED) is 0.682. The molecule has 0 aliphatic carbocycles. The van der Waals surface area contributed by atoms with Crippen LogP contribution in [0, 0.1) is 0 Å². The van der Waals surface area contributed by atoms with Crippen LogP contribution in [0.3, 0.4) is 0 Å². The first kappa shape index (κ1) is 15.0. The second-order valence-corrected chi connectivity index (χ2v) is 4.68. The Morgan fingerprint density at radius 2 is 2.22 bits per heavy atom. The number of hydrogen-bond donors (Lipinski definition) is 1. The topological polar surface area (TPSA) is 29.9 Å². The lowest BCUT2D eigenvalue weighted by Crippen LogP contribution is -2.32. The van der Waals surface area contributed by atoms with Crippen LogP contribution in [0.25, 0.3) is 0 Å².